The zero-order valence-corrected chi connectivity index (χ0v) is 11.4. The van der Waals surface area contributed by atoms with Crippen LogP contribution in [0.25, 0.3) is 0 Å². The molecule has 0 unspecified atom stereocenters. The summed E-state index contributed by atoms with van der Waals surface area (Å²) in [6.45, 7) is 7.53. The summed E-state index contributed by atoms with van der Waals surface area (Å²) >= 11 is 0. The Balaban J connectivity index is 1.85. The molecule has 7 heteroatoms. The maximum atomic E-state index is 11.7. The van der Waals surface area contributed by atoms with Gasteiger partial charge in [-0.2, -0.15) is 5.10 Å². The lowest BCUT2D eigenvalue weighted by molar-refractivity contribution is -0.00577. The Morgan fingerprint density at radius 1 is 1.58 bits per heavy atom. The second kappa shape index (κ2) is 5.58. The van der Waals surface area contributed by atoms with Crippen molar-refractivity contribution in [1.82, 2.24) is 15.5 Å². The van der Waals surface area contributed by atoms with Crippen LogP contribution in [0, 0.1) is 0 Å². The third-order valence-corrected chi connectivity index (χ3v) is 2.56. The Kier molecular flexibility index (Phi) is 4.06. The highest BCUT2D eigenvalue weighted by molar-refractivity contribution is 5.84. The van der Waals surface area contributed by atoms with Gasteiger partial charge in [0, 0.05) is 12.1 Å². The Labute approximate surface area is 112 Å². The third-order valence-electron chi connectivity index (χ3n) is 2.56. The normalized spacial score (nSPS) is 15.9. The van der Waals surface area contributed by atoms with Gasteiger partial charge >= 0.3 is 6.09 Å². The number of carbonyl (C=O) groups excluding carboxylic acids is 1. The molecular formula is C12H20N4O3. The quantitative estimate of drug-likeness (QED) is 0.764. The standard InChI is InChI=1S/C12H20N4O3/c1-12(2,3)19-11(17)15-10-8(5-14-16-10)4-13-9-6-18-7-9/h5,9,13H,4,6-7H2,1-3H3,(H2,14,15,16,17). The number of carbonyl (C=O) groups is 1. The largest absolute Gasteiger partial charge is 0.444 e. The molecule has 3 N–H and O–H groups in total. The van der Waals surface area contributed by atoms with E-state index in [1.54, 1.807) is 6.20 Å². The first-order valence-corrected chi connectivity index (χ1v) is 6.27. The second-order valence-electron chi connectivity index (χ2n) is 5.51. The van der Waals surface area contributed by atoms with Crippen molar-refractivity contribution in [2.24, 2.45) is 0 Å². The summed E-state index contributed by atoms with van der Waals surface area (Å²) < 4.78 is 10.3. The van der Waals surface area contributed by atoms with Gasteiger partial charge in [-0.15, -0.1) is 0 Å². The summed E-state index contributed by atoms with van der Waals surface area (Å²) in [6.07, 6.45) is 1.18. The molecule has 0 bridgehead atoms. The second-order valence-corrected chi connectivity index (χ2v) is 5.51. The highest BCUT2D eigenvalue weighted by Crippen LogP contribution is 2.14. The first-order chi connectivity index (χ1) is 8.94. The lowest BCUT2D eigenvalue weighted by Gasteiger charge is -2.26. The van der Waals surface area contributed by atoms with Crippen molar-refractivity contribution in [1.29, 1.82) is 0 Å². The van der Waals surface area contributed by atoms with Crippen molar-refractivity contribution in [2.75, 3.05) is 18.5 Å². The van der Waals surface area contributed by atoms with E-state index in [0.29, 0.717) is 18.4 Å². The predicted octanol–water partition coefficient (Wildman–Crippen LogP) is 1.25. The number of H-pyrrole nitrogens is 1. The Hall–Kier alpha value is -1.60. The Morgan fingerprint density at radius 3 is 2.89 bits per heavy atom. The van der Waals surface area contributed by atoms with E-state index in [-0.39, 0.29) is 0 Å². The Morgan fingerprint density at radius 2 is 2.32 bits per heavy atom. The molecule has 1 amide bonds. The van der Waals surface area contributed by atoms with Gasteiger partial charge in [0.25, 0.3) is 0 Å². The summed E-state index contributed by atoms with van der Waals surface area (Å²) in [5.41, 5.74) is 0.365. The molecule has 0 aliphatic carbocycles. The highest BCUT2D eigenvalue weighted by atomic mass is 16.6. The fourth-order valence-corrected chi connectivity index (χ4v) is 1.57. The van der Waals surface area contributed by atoms with E-state index in [2.05, 4.69) is 20.8 Å². The number of aromatic amines is 1. The van der Waals surface area contributed by atoms with Gasteiger partial charge in [0.05, 0.1) is 25.5 Å². The average molecular weight is 268 g/mol. The molecule has 1 aromatic heterocycles. The number of amides is 1. The van der Waals surface area contributed by atoms with Crippen LogP contribution in [0.3, 0.4) is 0 Å². The molecule has 2 heterocycles. The lowest BCUT2D eigenvalue weighted by atomic mass is 10.2. The van der Waals surface area contributed by atoms with E-state index in [9.17, 15) is 4.79 Å². The van der Waals surface area contributed by atoms with Crippen LogP contribution in [-0.4, -0.2) is 41.1 Å². The SMILES string of the molecule is CC(C)(C)OC(=O)Nc1[nH]ncc1CNC1COC1. The highest BCUT2D eigenvalue weighted by Gasteiger charge is 2.20. The number of rotatable bonds is 4. The average Bonchev–Trinajstić information content (AvgIpc) is 2.60. The van der Waals surface area contributed by atoms with E-state index in [0.717, 1.165) is 18.8 Å². The molecule has 1 aliphatic heterocycles. The predicted molar refractivity (Wildman–Crippen MR) is 69.9 cm³/mol. The lowest BCUT2D eigenvalue weighted by Crippen LogP contribution is -2.45. The topological polar surface area (TPSA) is 88.3 Å². The van der Waals surface area contributed by atoms with Gasteiger partial charge in [-0.05, 0) is 20.8 Å². The van der Waals surface area contributed by atoms with Gasteiger partial charge in [-0.3, -0.25) is 10.4 Å². The summed E-state index contributed by atoms with van der Waals surface area (Å²) in [4.78, 5) is 11.7. The molecule has 106 valence electrons. The number of hydrogen-bond acceptors (Lipinski definition) is 5. The van der Waals surface area contributed by atoms with Crippen molar-refractivity contribution in [3.8, 4) is 0 Å². The van der Waals surface area contributed by atoms with E-state index in [1.807, 2.05) is 20.8 Å². The molecular weight excluding hydrogens is 248 g/mol. The van der Waals surface area contributed by atoms with Crippen LogP contribution >= 0.6 is 0 Å². The van der Waals surface area contributed by atoms with Crippen LogP contribution in [0.15, 0.2) is 6.20 Å². The molecule has 2 rings (SSSR count). The minimum Gasteiger partial charge on any atom is -0.444 e. The molecule has 0 radical (unpaired) electrons. The minimum atomic E-state index is -0.522. The molecule has 1 saturated heterocycles. The molecule has 0 spiro atoms. The van der Waals surface area contributed by atoms with Crippen LogP contribution in [0.2, 0.25) is 0 Å². The first kappa shape index (κ1) is 13.8. The van der Waals surface area contributed by atoms with Crippen molar-refractivity contribution in [2.45, 2.75) is 39.0 Å². The molecule has 1 fully saturated rings. The minimum absolute atomic E-state index is 0.379. The van der Waals surface area contributed by atoms with Crippen molar-refractivity contribution in [3.05, 3.63) is 11.8 Å². The zero-order valence-electron chi connectivity index (χ0n) is 11.4. The van der Waals surface area contributed by atoms with Gasteiger partial charge in [0.1, 0.15) is 11.4 Å². The summed E-state index contributed by atoms with van der Waals surface area (Å²) in [5.74, 6) is 0.557. The molecule has 0 saturated carbocycles. The van der Waals surface area contributed by atoms with Crippen LogP contribution in [0.4, 0.5) is 10.6 Å². The molecule has 1 aliphatic rings. The van der Waals surface area contributed by atoms with Gasteiger partial charge in [-0.1, -0.05) is 0 Å². The van der Waals surface area contributed by atoms with Gasteiger partial charge in [-0.25, -0.2) is 4.79 Å². The van der Waals surface area contributed by atoms with Crippen molar-refractivity contribution >= 4 is 11.9 Å². The van der Waals surface area contributed by atoms with Crippen LogP contribution < -0.4 is 10.6 Å². The summed E-state index contributed by atoms with van der Waals surface area (Å²) in [5, 5.41) is 12.6. The fraction of sp³-hybridized carbons (Fsp3) is 0.667. The monoisotopic (exact) mass is 268 g/mol. The number of hydrogen-bond donors (Lipinski definition) is 3. The van der Waals surface area contributed by atoms with E-state index in [4.69, 9.17) is 9.47 Å². The van der Waals surface area contributed by atoms with Crippen molar-refractivity contribution < 1.29 is 14.3 Å². The van der Waals surface area contributed by atoms with Crippen LogP contribution in [0.1, 0.15) is 26.3 Å². The van der Waals surface area contributed by atoms with E-state index < -0.39 is 11.7 Å². The smallest absolute Gasteiger partial charge is 0.413 e. The number of anilines is 1. The molecule has 0 atom stereocenters. The third kappa shape index (κ3) is 4.22. The van der Waals surface area contributed by atoms with Gasteiger partial charge in [0.2, 0.25) is 0 Å². The molecule has 1 aromatic rings. The number of nitrogens with zero attached hydrogens (tertiary/aromatic N) is 1. The van der Waals surface area contributed by atoms with Crippen LogP contribution in [-0.2, 0) is 16.0 Å². The molecule has 0 aromatic carbocycles. The molecule has 19 heavy (non-hydrogen) atoms. The first-order valence-electron chi connectivity index (χ1n) is 6.27. The maximum absolute atomic E-state index is 11.7. The molecule has 7 nitrogen and oxygen atoms in total. The van der Waals surface area contributed by atoms with Crippen molar-refractivity contribution in [3.63, 3.8) is 0 Å². The maximum Gasteiger partial charge on any atom is 0.413 e. The number of aromatic nitrogens is 2. The summed E-state index contributed by atoms with van der Waals surface area (Å²) in [6, 6.07) is 0.379. The van der Waals surface area contributed by atoms with E-state index in [1.165, 1.54) is 0 Å². The number of ether oxygens (including phenoxy) is 2. The van der Waals surface area contributed by atoms with Gasteiger partial charge in [0.15, 0.2) is 0 Å². The number of nitrogens with one attached hydrogen (secondary N) is 3. The Bertz CT molecular complexity index is 434. The zero-order chi connectivity index (χ0) is 13.9. The van der Waals surface area contributed by atoms with Gasteiger partial charge < -0.3 is 14.8 Å². The summed E-state index contributed by atoms with van der Waals surface area (Å²) in [7, 11) is 0. The van der Waals surface area contributed by atoms with E-state index >= 15 is 0 Å². The van der Waals surface area contributed by atoms with Crippen LogP contribution in [0.5, 0.6) is 0 Å². The fourth-order valence-electron chi connectivity index (χ4n) is 1.57.